The Morgan fingerprint density at radius 2 is 1.48 bits per heavy atom. The van der Waals surface area contributed by atoms with Gasteiger partial charge in [-0.1, -0.05) is 20.3 Å². The van der Waals surface area contributed by atoms with E-state index in [0.717, 1.165) is 0 Å². The van der Waals surface area contributed by atoms with Crippen LogP contribution in [0.2, 0.25) is 0 Å². The molecule has 0 aromatic carbocycles. The van der Waals surface area contributed by atoms with E-state index in [1.54, 1.807) is 0 Å². The first-order chi connectivity index (χ1) is 11.0. The summed E-state index contributed by atoms with van der Waals surface area (Å²) in [5, 5.41) is 0. The number of hydrogen-bond acceptors (Lipinski definition) is 4. The summed E-state index contributed by atoms with van der Waals surface area (Å²) >= 11 is 0. The minimum Gasteiger partial charge on any atom is -0.467 e. The predicted octanol–water partition coefficient (Wildman–Crippen LogP) is 3.99. The van der Waals surface area contributed by atoms with Crippen LogP contribution in [0.15, 0.2) is 0 Å². The van der Waals surface area contributed by atoms with E-state index in [0.29, 0.717) is 7.11 Å². The molecule has 0 bridgehead atoms. The summed E-state index contributed by atoms with van der Waals surface area (Å²) in [5.74, 6) is -9.23. The van der Waals surface area contributed by atoms with Crippen LogP contribution >= 0.6 is 0 Å². The van der Waals surface area contributed by atoms with Gasteiger partial charge in [0.1, 0.15) is 0 Å². The first-order valence-electron chi connectivity index (χ1n) is 6.63. The van der Waals surface area contributed by atoms with Crippen LogP contribution in [-0.2, 0) is 19.0 Å². The van der Waals surface area contributed by atoms with Crippen molar-refractivity contribution in [1.82, 2.24) is 0 Å². The van der Waals surface area contributed by atoms with Gasteiger partial charge in [0.2, 0.25) is 0 Å². The van der Waals surface area contributed by atoms with Gasteiger partial charge in [-0.3, -0.25) is 4.74 Å². The van der Waals surface area contributed by atoms with Gasteiger partial charge in [-0.2, -0.15) is 39.5 Å². The van der Waals surface area contributed by atoms with E-state index in [1.807, 2.05) is 0 Å². The van der Waals surface area contributed by atoms with Gasteiger partial charge in [0.25, 0.3) is 6.10 Å². The predicted molar refractivity (Wildman–Crippen MR) is 63.2 cm³/mol. The number of carbonyl (C=O) groups excluding carboxylic acids is 1. The molecule has 3 atom stereocenters. The third-order valence-corrected chi connectivity index (χ3v) is 2.98. The van der Waals surface area contributed by atoms with Crippen LogP contribution in [0.3, 0.4) is 0 Å². The molecular weight excluding hydrogens is 379 g/mol. The van der Waals surface area contributed by atoms with Crippen molar-refractivity contribution in [2.45, 2.75) is 50.7 Å². The smallest absolute Gasteiger partial charge is 0.457 e. The molecule has 0 heterocycles. The SMILES string of the molecule is CCC(C)COC(F)(C(F)(F)F)C(F)(F)OC(C(=O)OC)C(F)(F)F. The molecule has 3 unspecified atom stereocenters. The normalized spacial score (nSPS) is 18.4. The van der Waals surface area contributed by atoms with Crippen molar-refractivity contribution in [3.63, 3.8) is 0 Å². The maximum Gasteiger partial charge on any atom is 0.457 e. The molecule has 0 radical (unpaired) electrons. The molecule has 0 N–H and O–H groups in total. The fourth-order valence-electron chi connectivity index (χ4n) is 1.29. The fourth-order valence-corrected chi connectivity index (χ4v) is 1.29. The lowest BCUT2D eigenvalue weighted by atomic mass is 10.1. The minimum atomic E-state index is -6.46. The van der Waals surface area contributed by atoms with E-state index >= 15 is 0 Å². The molecule has 0 aromatic heterocycles. The summed E-state index contributed by atoms with van der Waals surface area (Å²) in [6.07, 6.45) is -22.6. The van der Waals surface area contributed by atoms with E-state index < -0.39 is 48.9 Å². The van der Waals surface area contributed by atoms with E-state index in [-0.39, 0.29) is 6.42 Å². The van der Waals surface area contributed by atoms with Crippen LogP contribution in [0.1, 0.15) is 20.3 Å². The number of halogens is 9. The average Bonchev–Trinajstić information content (AvgIpc) is 2.46. The molecule has 0 aliphatic carbocycles. The van der Waals surface area contributed by atoms with Crippen molar-refractivity contribution in [3.05, 3.63) is 0 Å². The second-order valence-corrected chi connectivity index (χ2v) is 5.00. The highest BCUT2D eigenvalue weighted by Gasteiger charge is 2.76. The third kappa shape index (κ3) is 5.62. The molecule has 0 amide bonds. The quantitative estimate of drug-likeness (QED) is 0.461. The Labute approximate surface area is 136 Å². The highest BCUT2D eigenvalue weighted by Crippen LogP contribution is 2.48. The Bertz CT molecular complexity index is 449. The van der Waals surface area contributed by atoms with E-state index in [4.69, 9.17) is 0 Å². The number of ether oxygens (including phenoxy) is 3. The minimum absolute atomic E-state index is 0.105. The Balaban J connectivity index is 5.77. The molecule has 150 valence electrons. The summed E-state index contributed by atoms with van der Waals surface area (Å²) < 4.78 is 127. The van der Waals surface area contributed by atoms with Crippen LogP contribution in [0.25, 0.3) is 0 Å². The summed E-state index contributed by atoms with van der Waals surface area (Å²) in [5.41, 5.74) is 0. The highest BCUT2D eigenvalue weighted by molar-refractivity contribution is 5.75. The number of hydrogen-bond donors (Lipinski definition) is 0. The van der Waals surface area contributed by atoms with Crippen LogP contribution in [-0.4, -0.2) is 50.1 Å². The summed E-state index contributed by atoms with van der Waals surface area (Å²) in [4.78, 5) is 10.9. The third-order valence-electron chi connectivity index (χ3n) is 2.98. The molecule has 0 spiro atoms. The van der Waals surface area contributed by atoms with Gasteiger partial charge < -0.3 is 9.47 Å². The molecule has 0 rings (SSSR count). The van der Waals surface area contributed by atoms with Crippen LogP contribution in [0.5, 0.6) is 0 Å². The van der Waals surface area contributed by atoms with Gasteiger partial charge in [0, 0.05) is 0 Å². The average molecular weight is 394 g/mol. The Morgan fingerprint density at radius 1 is 1.00 bits per heavy atom. The zero-order chi connectivity index (χ0) is 20.3. The van der Waals surface area contributed by atoms with Crippen molar-refractivity contribution in [2.24, 2.45) is 5.92 Å². The van der Waals surface area contributed by atoms with Crippen LogP contribution < -0.4 is 0 Å². The second kappa shape index (κ2) is 7.98. The topological polar surface area (TPSA) is 44.8 Å². The first kappa shape index (κ1) is 23.8. The number of methoxy groups -OCH3 is 1. The summed E-state index contributed by atoms with van der Waals surface area (Å²) in [6, 6.07) is 0. The molecule has 0 aliphatic rings. The largest absolute Gasteiger partial charge is 0.467 e. The summed E-state index contributed by atoms with van der Waals surface area (Å²) in [7, 11) is 0.342. The molecule has 0 aliphatic heterocycles. The molecule has 0 fully saturated rings. The van der Waals surface area contributed by atoms with Crippen molar-refractivity contribution in [2.75, 3.05) is 13.7 Å². The van der Waals surface area contributed by atoms with Gasteiger partial charge in [0.15, 0.2) is 0 Å². The van der Waals surface area contributed by atoms with E-state index in [1.165, 1.54) is 13.8 Å². The Morgan fingerprint density at radius 3 is 1.80 bits per heavy atom. The molecular formula is C12H15F9O4. The fraction of sp³-hybridized carbons (Fsp3) is 0.917. The van der Waals surface area contributed by atoms with Gasteiger partial charge in [-0.05, 0) is 5.92 Å². The second-order valence-electron chi connectivity index (χ2n) is 5.00. The lowest BCUT2D eigenvalue weighted by Gasteiger charge is -2.36. The van der Waals surface area contributed by atoms with E-state index in [9.17, 15) is 44.3 Å². The number of esters is 1. The zero-order valence-corrected chi connectivity index (χ0v) is 13.1. The lowest BCUT2D eigenvalue weighted by molar-refractivity contribution is -0.472. The van der Waals surface area contributed by atoms with Crippen molar-refractivity contribution >= 4 is 5.97 Å². The monoisotopic (exact) mass is 394 g/mol. The number of alkyl halides is 9. The van der Waals surface area contributed by atoms with Crippen LogP contribution in [0, 0.1) is 5.92 Å². The maximum absolute atomic E-state index is 13.9. The maximum atomic E-state index is 13.9. The number of carbonyl (C=O) groups is 1. The van der Waals surface area contributed by atoms with Crippen molar-refractivity contribution in [3.8, 4) is 0 Å². The standard InChI is InChI=1S/C12H15F9O4/c1-4-6(2)5-24-10(16,11(17,18)19)12(20,21)25-7(8(22)23-3)9(13,14)15/h6-7H,4-5H2,1-3H3. The van der Waals surface area contributed by atoms with Crippen molar-refractivity contribution < 1.29 is 58.5 Å². The number of rotatable bonds is 8. The zero-order valence-electron chi connectivity index (χ0n) is 13.1. The van der Waals surface area contributed by atoms with Gasteiger partial charge in [0.05, 0.1) is 13.7 Å². The van der Waals surface area contributed by atoms with E-state index in [2.05, 4.69) is 14.2 Å². The van der Waals surface area contributed by atoms with Gasteiger partial charge in [-0.25, -0.2) is 4.79 Å². The highest BCUT2D eigenvalue weighted by atomic mass is 19.4. The lowest BCUT2D eigenvalue weighted by Crippen LogP contribution is -2.61. The Hall–Kier alpha value is -1.24. The first-order valence-corrected chi connectivity index (χ1v) is 6.63. The summed E-state index contributed by atoms with van der Waals surface area (Å²) in [6.45, 7) is 1.45. The van der Waals surface area contributed by atoms with Crippen molar-refractivity contribution in [1.29, 1.82) is 0 Å². The molecule has 25 heavy (non-hydrogen) atoms. The molecule has 0 saturated carbocycles. The van der Waals surface area contributed by atoms with Crippen LogP contribution in [0.4, 0.5) is 39.5 Å². The Kier molecular flexibility index (Phi) is 7.58. The molecule has 0 aromatic rings. The van der Waals surface area contributed by atoms with Gasteiger partial charge in [-0.15, -0.1) is 0 Å². The molecule has 4 nitrogen and oxygen atoms in total. The molecule has 0 saturated heterocycles. The van der Waals surface area contributed by atoms with Gasteiger partial charge >= 0.3 is 30.3 Å². The molecule has 13 heteroatoms.